The summed E-state index contributed by atoms with van der Waals surface area (Å²) in [6, 6.07) is 17.9. The van der Waals surface area contributed by atoms with Gasteiger partial charge in [-0.2, -0.15) is 0 Å². The van der Waals surface area contributed by atoms with Crippen molar-refractivity contribution in [1.82, 2.24) is 20.2 Å². The van der Waals surface area contributed by atoms with E-state index in [1.165, 1.54) is 37.0 Å². The van der Waals surface area contributed by atoms with Gasteiger partial charge in [-0.15, -0.1) is 11.3 Å². The van der Waals surface area contributed by atoms with E-state index in [-0.39, 0.29) is 11.8 Å². The molecule has 9 nitrogen and oxygen atoms in total. The number of amides is 2. The molecule has 2 amide bonds. The molecule has 0 bridgehead atoms. The molecule has 0 radical (unpaired) electrons. The fourth-order valence-electron chi connectivity index (χ4n) is 5.65. The maximum absolute atomic E-state index is 14.5. The molecule has 0 unspecified atom stereocenters. The second-order valence-electron chi connectivity index (χ2n) is 13.9. The fraction of sp³-hybridized carbons (Fsp3) is 0.410. The number of hydrogen-bond acceptors (Lipinski definition) is 7. The number of hydrogen-bond donors (Lipinski definition) is 2. The Morgan fingerprint density at radius 1 is 0.920 bits per heavy atom. The second-order valence-corrected chi connectivity index (χ2v) is 15.0. The van der Waals surface area contributed by atoms with Crippen LogP contribution in [0.15, 0.2) is 73.1 Å². The molecule has 3 heterocycles. The van der Waals surface area contributed by atoms with Gasteiger partial charge in [0, 0.05) is 34.8 Å². The van der Waals surface area contributed by atoms with Crippen LogP contribution < -0.4 is 10.1 Å². The number of carboxylic acid groups (broad SMARTS) is 1. The lowest BCUT2D eigenvalue weighted by Gasteiger charge is -2.42. The standard InChI is InChI=1S/C39H45FN4O5S/c1-5-6-7-8-9-20-49-30-16-14-27(15-17-30)29-22-41-34(42-23-29)28-12-10-26(11-13-28)21-31(36(46)44-24-39(40,25-44)37(47)48)43-35(45)32-18-19-33(50-32)38(2,3)4/h10-19,22-23,31H,5-9,20-21,24-25H2,1-4H3,(H,43,45)(H,47,48)/t31-/m0/s1. The summed E-state index contributed by atoms with van der Waals surface area (Å²) >= 11 is 1.35. The number of carboxylic acids is 1. The van der Waals surface area contributed by atoms with Crippen molar-refractivity contribution in [2.24, 2.45) is 0 Å². The van der Waals surface area contributed by atoms with Crippen molar-refractivity contribution >= 4 is 29.1 Å². The molecule has 1 atom stereocenters. The highest BCUT2D eigenvalue weighted by Gasteiger charge is 2.53. The molecule has 2 aromatic heterocycles. The van der Waals surface area contributed by atoms with Crippen molar-refractivity contribution in [3.05, 3.63) is 88.4 Å². The van der Waals surface area contributed by atoms with Crippen LogP contribution >= 0.6 is 11.3 Å². The number of nitrogens with zero attached hydrogens (tertiary/aromatic N) is 3. The van der Waals surface area contributed by atoms with Gasteiger partial charge in [0.1, 0.15) is 11.8 Å². The molecule has 1 aliphatic rings. The largest absolute Gasteiger partial charge is 0.494 e. The van der Waals surface area contributed by atoms with Crippen LogP contribution in [0.4, 0.5) is 4.39 Å². The second kappa shape index (κ2) is 15.9. The maximum atomic E-state index is 14.5. The minimum Gasteiger partial charge on any atom is -0.494 e. The normalized spacial score (nSPS) is 14.5. The van der Waals surface area contributed by atoms with E-state index < -0.39 is 42.6 Å². The predicted molar refractivity (Wildman–Crippen MR) is 193 cm³/mol. The fourth-order valence-corrected chi connectivity index (χ4v) is 6.62. The van der Waals surface area contributed by atoms with Crippen LogP contribution in [0.3, 0.4) is 0 Å². The van der Waals surface area contributed by atoms with E-state index in [2.05, 4.69) is 43.0 Å². The molecule has 2 aromatic carbocycles. The number of aromatic nitrogens is 2. The number of benzene rings is 2. The lowest BCUT2D eigenvalue weighted by Crippen LogP contribution is -2.67. The average Bonchev–Trinajstić information content (AvgIpc) is 3.60. The van der Waals surface area contributed by atoms with Gasteiger partial charge in [0.25, 0.3) is 5.91 Å². The van der Waals surface area contributed by atoms with Gasteiger partial charge in [-0.25, -0.2) is 19.2 Å². The molecule has 11 heteroatoms. The Balaban J connectivity index is 1.23. The van der Waals surface area contributed by atoms with E-state index in [0.29, 0.717) is 17.3 Å². The zero-order chi connectivity index (χ0) is 35.9. The maximum Gasteiger partial charge on any atom is 0.345 e. The first kappa shape index (κ1) is 36.6. The van der Waals surface area contributed by atoms with Crippen LogP contribution in [0.5, 0.6) is 5.75 Å². The minimum absolute atomic E-state index is 0.129. The quantitative estimate of drug-likeness (QED) is 0.123. The zero-order valence-electron chi connectivity index (χ0n) is 29.1. The van der Waals surface area contributed by atoms with Crippen LogP contribution in [-0.2, 0) is 21.4 Å². The van der Waals surface area contributed by atoms with Crippen LogP contribution in [0.1, 0.15) is 79.9 Å². The Hall–Kier alpha value is -4.64. The summed E-state index contributed by atoms with van der Waals surface area (Å²) in [5.74, 6) is -1.19. The van der Waals surface area contributed by atoms with Gasteiger partial charge >= 0.3 is 5.97 Å². The summed E-state index contributed by atoms with van der Waals surface area (Å²) in [7, 11) is 0. The average molecular weight is 701 g/mol. The molecular formula is C39H45FN4O5S. The smallest absolute Gasteiger partial charge is 0.345 e. The number of nitrogens with one attached hydrogen (secondary N) is 1. The number of carbonyl (C=O) groups excluding carboxylic acids is 2. The number of carbonyl (C=O) groups is 3. The molecular weight excluding hydrogens is 656 g/mol. The van der Waals surface area contributed by atoms with Gasteiger partial charge in [-0.05, 0) is 47.2 Å². The van der Waals surface area contributed by atoms with E-state index in [0.717, 1.165) is 44.2 Å². The molecule has 264 valence electrons. The Morgan fingerprint density at radius 2 is 1.56 bits per heavy atom. The summed E-state index contributed by atoms with van der Waals surface area (Å²) in [4.78, 5) is 49.8. The molecule has 0 aliphatic carbocycles. The molecule has 1 saturated heterocycles. The molecule has 50 heavy (non-hydrogen) atoms. The lowest BCUT2D eigenvalue weighted by atomic mass is 9.94. The third-order valence-corrected chi connectivity index (χ3v) is 10.3. The van der Waals surface area contributed by atoms with Crippen LogP contribution in [-0.4, -0.2) is 69.2 Å². The highest BCUT2D eigenvalue weighted by atomic mass is 32.1. The first-order valence-electron chi connectivity index (χ1n) is 17.1. The predicted octanol–water partition coefficient (Wildman–Crippen LogP) is 7.50. The molecule has 1 fully saturated rings. The third kappa shape index (κ3) is 9.12. The van der Waals surface area contributed by atoms with Gasteiger partial charge in [0.05, 0.1) is 24.6 Å². The first-order chi connectivity index (χ1) is 23.9. The van der Waals surface area contributed by atoms with Crippen LogP contribution in [0.25, 0.3) is 22.5 Å². The van der Waals surface area contributed by atoms with Crippen molar-refractivity contribution in [3.63, 3.8) is 0 Å². The van der Waals surface area contributed by atoms with Crippen LogP contribution in [0, 0.1) is 0 Å². The number of ether oxygens (including phenoxy) is 1. The van der Waals surface area contributed by atoms with E-state index in [1.54, 1.807) is 18.5 Å². The van der Waals surface area contributed by atoms with Crippen LogP contribution in [0.2, 0.25) is 0 Å². The molecule has 1 aliphatic heterocycles. The van der Waals surface area contributed by atoms with Gasteiger partial charge in [-0.3, -0.25) is 9.59 Å². The number of rotatable bonds is 15. The summed E-state index contributed by atoms with van der Waals surface area (Å²) in [5, 5.41) is 12.0. The van der Waals surface area contributed by atoms with Gasteiger partial charge < -0.3 is 20.1 Å². The van der Waals surface area contributed by atoms with E-state index in [1.807, 2.05) is 54.6 Å². The SMILES string of the molecule is CCCCCCCOc1ccc(-c2cnc(-c3ccc(C[C@H](NC(=O)c4ccc(C(C)(C)C)s4)C(=O)N4CC(F)(C(=O)O)C4)cc3)nc2)cc1. The molecule has 0 spiro atoms. The van der Waals surface area contributed by atoms with Crippen molar-refractivity contribution in [3.8, 4) is 28.3 Å². The van der Waals surface area contributed by atoms with Crippen molar-refractivity contribution < 1.29 is 28.6 Å². The molecule has 5 rings (SSSR count). The number of thiophene rings is 1. The number of aliphatic carboxylic acids is 1. The summed E-state index contributed by atoms with van der Waals surface area (Å²) in [5.41, 5.74) is 0.750. The van der Waals surface area contributed by atoms with Gasteiger partial charge in [0.15, 0.2) is 5.82 Å². The summed E-state index contributed by atoms with van der Waals surface area (Å²) in [6.45, 7) is 7.95. The minimum atomic E-state index is -2.48. The molecule has 4 aromatic rings. The van der Waals surface area contributed by atoms with E-state index in [4.69, 9.17) is 4.74 Å². The van der Waals surface area contributed by atoms with E-state index in [9.17, 15) is 23.9 Å². The Bertz CT molecular complexity index is 1760. The van der Waals surface area contributed by atoms with Crippen molar-refractivity contribution in [2.45, 2.75) is 83.3 Å². The Kier molecular flexibility index (Phi) is 11.7. The number of alkyl halides is 1. The number of unbranched alkanes of at least 4 members (excludes halogenated alkanes) is 4. The summed E-state index contributed by atoms with van der Waals surface area (Å²) < 4.78 is 20.4. The summed E-state index contributed by atoms with van der Waals surface area (Å²) in [6.07, 6.45) is 9.64. The highest BCUT2D eigenvalue weighted by Crippen LogP contribution is 2.31. The van der Waals surface area contributed by atoms with Gasteiger partial charge in [0.2, 0.25) is 11.6 Å². The molecule has 0 saturated carbocycles. The Labute approximate surface area is 296 Å². The highest BCUT2D eigenvalue weighted by molar-refractivity contribution is 7.14. The Morgan fingerprint density at radius 3 is 2.16 bits per heavy atom. The van der Waals surface area contributed by atoms with Crippen molar-refractivity contribution in [1.29, 1.82) is 0 Å². The monoisotopic (exact) mass is 700 g/mol. The number of likely N-dealkylation sites (tertiary alicyclic amines) is 1. The first-order valence-corrected chi connectivity index (χ1v) is 17.9. The van der Waals surface area contributed by atoms with Gasteiger partial charge in [-0.1, -0.05) is 89.8 Å². The van der Waals surface area contributed by atoms with E-state index >= 15 is 0 Å². The molecule has 2 N–H and O–H groups in total. The topological polar surface area (TPSA) is 122 Å². The zero-order valence-corrected chi connectivity index (χ0v) is 29.9. The third-order valence-electron chi connectivity index (χ3n) is 8.76. The number of halogens is 1. The van der Waals surface area contributed by atoms with Crippen molar-refractivity contribution in [2.75, 3.05) is 19.7 Å². The lowest BCUT2D eigenvalue weighted by molar-refractivity contribution is -0.169.